The van der Waals surface area contributed by atoms with Crippen LogP contribution in [0.4, 0.5) is 11.5 Å². The minimum Gasteiger partial charge on any atom is -0.364 e. The summed E-state index contributed by atoms with van der Waals surface area (Å²) in [5.41, 5.74) is -0.166. The van der Waals surface area contributed by atoms with Crippen molar-refractivity contribution in [3.63, 3.8) is 0 Å². The van der Waals surface area contributed by atoms with Crippen LogP contribution in [0, 0.1) is 10.1 Å². The van der Waals surface area contributed by atoms with E-state index in [1.165, 1.54) is 12.7 Å². The van der Waals surface area contributed by atoms with Crippen LogP contribution in [-0.2, 0) is 0 Å². The molecule has 0 bridgehead atoms. The number of nitrogens with zero attached hydrogens (tertiary/aromatic N) is 5. The molecule has 0 amide bonds. The predicted molar refractivity (Wildman–Crippen MR) is 63.4 cm³/mol. The summed E-state index contributed by atoms with van der Waals surface area (Å²) in [4.78, 5) is 22.2. The molecular weight excluding hydrogens is 258 g/mol. The summed E-state index contributed by atoms with van der Waals surface area (Å²) >= 11 is 1.03. The SMILES string of the molecule is CCNc1ncnc(Sc2ncn[nH]2)c1[N+](=O)[O-]. The van der Waals surface area contributed by atoms with E-state index in [0.717, 1.165) is 11.8 Å². The molecule has 0 radical (unpaired) electrons. The summed E-state index contributed by atoms with van der Waals surface area (Å²) in [6.07, 6.45) is 2.59. The van der Waals surface area contributed by atoms with Gasteiger partial charge in [-0.2, -0.15) is 5.10 Å². The molecule has 0 aliphatic rings. The van der Waals surface area contributed by atoms with Crippen LogP contribution < -0.4 is 5.32 Å². The molecule has 10 heteroatoms. The van der Waals surface area contributed by atoms with E-state index in [1.807, 2.05) is 6.92 Å². The third kappa shape index (κ3) is 2.53. The molecule has 0 aliphatic heterocycles. The normalized spacial score (nSPS) is 10.3. The molecule has 0 aliphatic carbocycles. The molecular formula is C8H9N7O2S. The van der Waals surface area contributed by atoms with Gasteiger partial charge in [-0.25, -0.2) is 15.0 Å². The largest absolute Gasteiger partial charge is 0.364 e. The molecule has 0 unspecified atom stereocenters. The minimum atomic E-state index is -0.517. The number of anilines is 1. The van der Waals surface area contributed by atoms with E-state index in [2.05, 4.69) is 30.5 Å². The minimum absolute atomic E-state index is 0.166. The lowest BCUT2D eigenvalue weighted by molar-refractivity contribution is -0.387. The van der Waals surface area contributed by atoms with Gasteiger partial charge < -0.3 is 5.32 Å². The zero-order chi connectivity index (χ0) is 13.0. The first kappa shape index (κ1) is 12.2. The smallest absolute Gasteiger partial charge is 0.343 e. The molecule has 0 saturated heterocycles. The Morgan fingerprint density at radius 1 is 1.44 bits per heavy atom. The summed E-state index contributed by atoms with van der Waals surface area (Å²) in [5.74, 6) is 0.194. The highest BCUT2D eigenvalue weighted by Crippen LogP contribution is 2.34. The molecule has 0 atom stereocenters. The van der Waals surface area contributed by atoms with E-state index in [0.29, 0.717) is 11.7 Å². The van der Waals surface area contributed by atoms with E-state index >= 15 is 0 Å². The van der Waals surface area contributed by atoms with Crippen LogP contribution in [0.3, 0.4) is 0 Å². The van der Waals surface area contributed by atoms with Crippen LogP contribution >= 0.6 is 11.8 Å². The third-order valence-corrected chi connectivity index (χ3v) is 2.78. The third-order valence-electron chi connectivity index (χ3n) is 1.90. The highest BCUT2D eigenvalue weighted by Gasteiger charge is 2.23. The Morgan fingerprint density at radius 2 is 2.28 bits per heavy atom. The number of nitro groups is 1. The van der Waals surface area contributed by atoms with Crippen molar-refractivity contribution in [3.05, 3.63) is 22.8 Å². The van der Waals surface area contributed by atoms with Crippen molar-refractivity contribution in [2.45, 2.75) is 17.1 Å². The maximum absolute atomic E-state index is 11.1. The van der Waals surface area contributed by atoms with Crippen LogP contribution in [-0.4, -0.2) is 36.6 Å². The predicted octanol–water partition coefficient (Wildman–Crippen LogP) is 1.09. The molecule has 2 heterocycles. The number of aromatic nitrogens is 5. The topological polar surface area (TPSA) is 123 Å². The van der Waals surface area contributed by atoms with Crippen molar-refractivity contribution >= 4 is 23.3 Å². The number of rotatable bonds is 5. The van der Waals surface area contributed by atoms with Gasteiger partial charge >= 0.3 is 5.69 Å². The van der Waals surface area contributed by atoms with Gasteiger partial charge in [0.05, 0.1) is 4.92 Å². The second-order valence-corrected chi connectivity index (χ2v) is 4.03. The van der Waals surface area contributed by atoms with Crippen LogP contribution in [0.25, 0.3) is 0 Å². The van der Waals surface area contributed by atoms with Gasteiger partial charge in [0.15, 0.2) is 10.2 Å². The summed E-state index contributed by atoms with van der Waals surface area (Å²) in [7, 11) is 0. The van der Waals surface area contributed by atoms with Crippen molar-refractivity contribution in [2.75, 3.05) is 11.9 Å². The van der Waals surface area contributed by atoms with Crippen molar-refractivity contribution in [3.8, 4) is 0 Å². The zero-order valence-electron chi connectivity index (χ0n) is 9.32. The Bertz CT molecular complexity index is 544. The van der Waals surface area contributed by atoms with Gasteiger partial charge in [0.25, 0.3) is 0 Å². The molecule has 18 heavy (non-hydrogen) atoms. The van der Waals surface area contributed by atoms with Gasteiger partial charge in [-0.05, 0) is 18.7 Å². The molecule has 2 rings (SSSR count). The number of hydrogen-bond donors (Lipinski definition) is 2. The number of nitrogens with one attached hydrogen (secondary N) is 2. The molecule has 0 fully saturated rings. The van der Waals surface area contributed by atoms with Crippen LogP contribution in [0.1, 0.15) is 6.92 Å². The molecule has 2 aromatic rings. The van der Waals surface area contributed by atoms with E-state index < -0.39 is 4.92 Å². The molecule has 0 aromatic carbocycles. The highest BCUT2D eigenvalue weighted by atomic mass is 32.2. The lowest BCUT2D eigenvalue weighted by atomic mass is 10.5. The van der Waals surface area contributed by atoms with E-state index in [1.54, 1.807) is 0 Å². The zero-order valence-corrected chi connectivity index (χ0v) is 10.1. The van der Waals surface area contributed by atoms with Gasteiger partial charge in [0, 0.05) is 6.54 Å². The molecule has 0 saturated carbocycles. The highest BCUT2D eigenvalue weighted by molar-refractivity contribution is 7.99. The number of hydrogen-bond acceptors (Lipinski definition) is 8. The van der Waals surface area contributed by atoms with Crippen LogP contribution in [0.2, 0.25) is 0 Å². The quantitative estimate of drug-likeness (QED) is 0.468. The molecule has 2 aromatic heterocycles. The Kier molecular flexibility index (Phi) is 3.67. The first-order valence-corrected chi connectivity index (χ1v) is 5.80. The Morgan fingerprint density at radius 3 is 2.89 bits per heavy atom. The van der Waals surface area contributed by atoms with Crippen LogP contribution in [0.15, 0.2) is 22.8 Å². The summed E-state index contributed by atoms with van der Waals surface area (Å²) < 4.78 is 0. The van der Waals surface area contributed by atoms with Gasteiger partial charge in [-0.1, -0.05) is 0 Å². The first-order chi connectivity index (χ1) is 8.72. The first-order valence-electron chi connectivity index (χ1n) is 4.98. The van der Waals surface area contributed by atoms with Crippen molar-refractivity contribution in [2.24, 2.45) is 0 Å². The number of H-pyrrole nitrogens is 1. The standard InChI is InChI=1S/C8H9N7O2S/c1-2-9-6-5(15(16)17)7(11-3-10-6)18-8-12-4-13-14-8/h3-4H,2H2,1H3,(H,9,10,11)(H,12,13,14). The van der Waals surface area contributed by atoms with Gasteiger partial charge in [0.2, 0.25) is 5.82 Å². The second kappa shape index (κ2) is 5.40. The average molecular weight is 267 g/mol. The average Bonchev–Trinajstić information content (AvgIpc) is 2.82. The molecule has 94 valence electrons. The number of aromatic amines is 1. The fraction of sp³-hybridized carbons (Fsp3) is 0.250. The molecule has 9 nitrogen and oxygen atoms in total. The maximum atomic E-state index is 11.1. The van der Waals surface area contributed by atoms with E-state index in [9.17, 15) is 10.1 Å². The Hall–Kier alpha value is -2.23. The van der Waals surface area contributed by atoms with Gasteiger partial charge in [0.1, 0.15) is 12.7 Å². The van der Waals surface area contributed by atoms with E-state index in [-0.39, 0.29) is 16.5 Å². The van der Waals surface area contributed by atoms with Crippen LogP contribution in [0.5, 0.6) is 0 Å². The van der Waals surface area contributed by atoms with Crippen molar-refractivity contribution in [1.82, 2.24) is 25.1 Å². The summed E-state index contributed by atoms with van der Waals surface area (Å²) in [6.45, 7) is 2.36. The second-order valence-electron chi connectivity index (χ2n) is 3.06. The lowest BCUT2D eigenvalue weighted by Crippen LogP contribution is -2.05. The van der Waals surface area contributed by atoms with E-state index in [4.69, 9.17) is 0 Å². The lowest BCUT2D eigenvalue weighted by Gasteiger charge is -2.05. The monoisotopic (exact) mass is 267 g/mol. The maximum Gasteiger partial charge on any atom is 0.343 e. The summed E-state index contributed by atoms with van der Waals surface area (Å²) in [6, 6.07) is 0. The van der Waals surface area contributed by atoms with Gasteiger partial charge in [-0.3, -0.25) is 15.2 Å². The fourth-order valence-electron chi connectivity index (χ4n) is 1.23. The Balaban J connectivity index is 2.39. The van der Waals surface area contributed by atoms with Gasteiger partial charge in [-0.15, -0.1) is 0 Å². The summed E-state index contributed by atoms with van der Waals surface area (Å²) in [5, 5.41) is 20.8. The van der Waals surface area contributed by atoms with Crippen molar-refractivity contribution in [1.29, 1.82) is 0 Å². The molecule has 0 spiro atoms. The fourth-order valence-corrected chi connectivity index (χ4v) is 1.98. The Labute approximate surface area is 106 Å². The van der Waals surface area contributed by atoms with Crippen molar-refractivity contribution < 1.29 is 4.92 Å². The molecule has 2 N–H and O–H groups in total.